The normalized spacial score (nSPS) is 16.4. The number of methoxy groups -OCH3 is 1. The van der Waals surface area contributed by atoms with E-state index in [1.165, 1.54) is 10.2 Å². The summed E-state index contributed by atoms with van der Waals surface area (Å²) < 4.78 is 48.2. The van der Waals surface area contributed by atoms with Crippen molar-refractivity contribution >= 4 is 43.9 Å². The molecule has 1 atom stereocenters. The maximum Gasteiger partial charge on any atom is 0.266 e. The van der Waals surface area contributed by atoms with Gasteiger partial charge in [0.05, 0.1) is 24.5 Å². The van der Waals surface area contributed by atoms with Gasteiger partial charge in [-0.3, -0.25) is 0 Å². The van der Waals surface area contributed by atoms with E-state index in [1.807, 2.05) is 6.07 Å². The minimum Gasteiger partial charge on any atom is -0.587 e. The van der Waals surface area contributed by atoms with Crippen LogP contribution >= 0.6 is 15.9 Å². The molecule has 0 N–H and O–H groups in total. The van der Waals surface area contributed by atoms with E-state index in [9.17, 15) is 13.3 Å². The summed E-state index contributed by atoms with van der Waals surface area (Å²) in [6.07, 6.45) is -1.37. The highest BCUT2D eigenvalue weighted by Gasteiger charge is 2.26. The molecule has 2 aromatic carbocycles. The van der Waals surface area contributed by atoms with Crippen LogP contribution in [0.15, 0.2) is 52.0 Å². The fraction of sp³-hybridized carbons (Fsp3) is 0.333. The third kappa shape index (κ3) is 4.03. The molecular formula is C21H22BrF2N3O2S. The van der Waals surface area contributed by atoms with Gasteiger partial charge in [-0.2, -0.15) is 3.97 Å². The minimum absolute atomic E-state index is 0.132. The van der Waals surface area contributed by atoms with Crippen LogP contribution in [-0.4, -0.2) is 53.8 Å². The number of halogens is 3. The van der Waals surface area contributed by atoms with Gasteiger partial charge in [0.2, 0.25) is 0 Å². The summed E-state index contributed by atoms with van der Waals surface area (Å²) in [7, 11) is 3.69. The Labute approximate surface area is 185 Å². The first-order valence-electron chi connectivity index (χ1n) is 9.51. The second-order valence-corrected chi connectivity index (χ2v) is 9.52. The van der Waals surface area contributed by atoms with E-state index >= 15 is 0 Å². The highest BCUT2D eigenvalue weighted by Crippen LogP contribution is 2.36. The first-order valence-corrected chi connectivity index (χ1v) is 11.4. The molecule has 0 amide bonds. The standard InChI is InChI=1S/C21H22BrF2N3O2S/c1-25-7-9-26(10-8-25)19-12-15(4-6-20(19)29-2)30(28)27-13-17(21(23)24)16-11-14(22)3-5-18(16)27/h3-6,11-13,21H,7-10H2,1-2H3. The number of hydrogen-bond donors (Lipinski definition) is 0. The van der Waals surface area contributed by atoms with Crippen molar-refractivity contribution in [2.75, 3.05) is 45.2 Å². The summed E-state index contributed by atoms with van der Waals surface area (Å²) in [4.78, 5) is 4.99. The predicted molar refractivity (Wildman–Crippen MR) is 119 cm³/mol. The summed E-state index contributed by atoms with van der Waals surface area (Å²) in [5.41, 5.74) is 1.24. The lowest BCUT2D eigenvalue weighted by Crippen LogP contribution is -2.44. The molecule has 1 aliphatic rings. The van der Waals surface area contributed by atoms with Crippen LogP contribution < -0.4 is 9.64 Å². The predicted octanol–water partition coefficient (Wildman–Crippen LogP) is 4.67. The number of anilines is 1. The Hall–Kier alpha value is -1.81. The van der Waals surface area contributed by atoms with E-state index in [2.05, 4.69) is 32.8 Å². The SMILES string of the molecule is COc1ccc([S+]([O-])n2cc(C(F)F)c3cc(Br)ccc32)cc1N1CCN(C)CC1. The first kappa shape index (κ1) is 21.4. The van der Waals surface area contributed by atoms with Gasteiger partial charge in [0.25, 0.3) is 6.43 Å². The Morgan fingerprint density at radius 1 is 1.10 bits per heavy atom. The lowest BCUT2D eigenvalue weighted by Gasteiger charge is -2.34. The van der Waals surface area contributed by atoms with Crippen molar-refractivity contribution in [2.24, 2.45) is 0 Å². The molecule has 2 heterocycles. The van der Waals surface area contributed by atoms with Gasteiger partial charge in [-0.1, -0.05) is 15.9 Å². The topological polar surface area (TPSA) is 43.7 Å². The number of likely N-dealkylation sites (N-methyl/N-ethyl adjacent to an activating group) is 1. The smallest absolute Gasteiger partial charge is 0.266 e. The van der Waals surface area contributed by atoms with Crippen molar-refractivity contribution in [3.8, 4) is 5.75 Å². The van der Waals surface area contributed by atoms with Crippen LogP contribution in [0, 0.1) is 0 Å². The van der Waals surface area contributed by atoms with Gasteiger partial charge in [0.1, 0.15) is 17.1 Å². The van der Waals surface area contributed by atoms with E-state index in [4.69, 9.17) is 4.74 Å². The van der Waals surface area contributed by atoms with Crippen LogP contribution in [0.25, 0.3) is 10.9 Å². The van der Waals surface area contributed by atoms with Crippen molar-refractivity contribution in [1.82, 2.24) is 8.87 Å². The summed E-state index contributed by atoms with van der Waals surface area (Å²) in [5.74, 6) is 0.704. The molecule has 1 unspecified atom stereocenters. The zero-order valence-corrected chi connectivity index (χ0v) is 19.1. The average Bonchev–Trinajstić information content (AvgIpc) is 3.12. The quantitative estimate of drug-likeness (QED) is 0.480. The van der Waals surface area contributed by atoms with Crippen molar-refractivity contribution in [2.45, 2.75) is 11.3 Å². The maximum atomic E-state index is 13.6. The number of hydrogen-bond acceptors (Lipinski definition) is 4. The molecular weight excluding hydrogens is 476 g/mol. The molecule has 1 saturated heterocycles. The summed E-state index contributed by atoms with van der Waals surface area (Å²) in [6, 6.07) is 10.4. The van der Waals surface area contributed by atoms with Crippen molar-refractivity contribution < 1.29 is 18.1 Å². The zero-order chi connectivity index (χ0) is 21.4. The maximum absolute atomic E-state index is 13.6. The molecule has 0 saturated carbocycles. The van der Waals surface area contributed by atoms with Gasteiger partial charge in [-0.15, -0.1) is 0 Å². The van der Waals surface area contributed by atoms with E-state index < -0.39 is 17.8 Å². The Kier molecular flexibility index (Phi) is 6.24. The minimum atomic E-state index is -2.66. The van der Waals surface area contributed by atoms with Crippen LogP contribution in [0.3, 0.4) is 0 Å². The second-order valence-electron chi connectivity index (χ2n) is 7.25. The molecule has 1 aliphatic heterocycles. The molecule has 3 aromatic rings. The van der Waals surface area contributed by atoms with Crippen LogP contribution in [0.5, 0.6) is 5.75 Å². The number of nitrogens with zero attached hydrogens (tertiary/aromatic N) is 3. The van der Waals surface area contributed by atoms with Gasteiger partial charge < -0.3 is 19.1 Å². The molecule has 0 bridgehead atoms. The van der Waals surface area contributed by atoms with Gasteiger partial charge >= 0.3 is 0 Å². The highest BCUT2D eigenvalue weighted by atomic mass is 79.9. The molecule has 1 fully saturated rings. The van der Waals surface area contributed by atoms with E-state index in [-0.39, 0.29) is 5.56 Å². The molecule has 9 heteroatoms. The second kappa shape index (κ2) is 8.74. The third-order valence-corrected chi connectivity index (χ3v) is 7.18. The fourth-order valence-electron chi connectivity index (χ4n) is 3.69. The summed E-state index contributed by atoms with van der Waals surface area (Å²) in [6.45, 7) is 3.51. The Morgan fingerprint density at radius 3 is 2.50 bits per heavy atom. The highest BCUT2D eigenvalue weighted by molar-refractivity contribution is 9.10. The number of fused-ring (bicyclic) bond motifs is 1. The largest absolute Gasteiger partial charge is 0.587 e. The van der Waals surface area contributed by atoms with Crippen LogP contribution in [-0.2, 0) is 11.4 Å². The van der Waals surface area contributed by atoms with Crippen LogP contribution in [0.2, 0.25) is 0 Å². The molecule has 0 aliphatic carbocycles. The third-order valence-electron chi connectivity index (χ3n) is 5.37. The zero-order valence-electron chi connectivity index (χ0n) is 16.6. The Morgan fingerprint density at radius 2 is 1.83 bits per heavy atom. The summed E-state index contributed by atoms with van der Waals surface area (Å²) >= 11 is 1.65. The van der Waals surface area contributed by atoms with Gasteiger partial charge in [-0.25, -0.2) is 8.78 Å². The monoisotopic (exact) mass is 497 g/mol. The molecule has 160 valence electrons. The fourth-order valence-corrected chi connectivity index (χ4v) is 5.23. The number of alkyl halides is 2. The first-order chi connectivity index (χ1) is 14.4. The van der Waals surface area contributed by atoms with Gasteiger partial charge in [-0.05, 0) is 37.4 Å². The lowest BCUT2D eigenvalue weighted by molar-refractivity contribution is 0.153. The molecule has 0 spiro atoms. The molecule has 30 heavy (non-hydrogen) atoms. The number of ether oxygens (including phenoxy) is 1. The van der Waals surface area contributed by atoms with Crippen LogP contribution in [0.4, 0.5) is 14.5 Å². The Balaban J connectivity index is 1.75. The van der Waals surface area contributed by atoms with Gasteiger partial charge in [0, 0.05) is 47.7 Å². The van der Waals surface area contributed by atoms with Crippen molar-refractivity contribution in [1.29, 1.82) is 0 Å². The molecule has 0 radical (unpaired) electrons. The number of benzene rings is 2. The molecule has 1 aromatic heterocycles. The molecule has 4 rings (SSSR count). The van der Waals surface area contributed by atoms with E-state index in [0.717, 1.165) is 31.9 Å². The number of piperazine rings is 1. The van der Waals surface area contributed by atoms with Crippen molar-refractivity contribution in [3.05, 3.63) is 52.6 Å². The van der Waals surface area contributed by atoms with Gasteiger partial charge in [0.15, 0.2) is 4.90 Å². The van der Waals surface area contributed by atoms with Crippen LogP contribution in [0.1, 0.15) is 12.0 Å². The number of rotatable bonds is 5. The van der Waals surface area contributed by atoms with E-state index in [1.54, 1.807) is 37.4 Å². The average molecular weight is 498 g/mol. The number of aromatic nitrogens is 1. The molecule has 5 nitrogen and oxygen atoms in total. The Bertz CT molecular complexity index is 1050. The summed E-state index contributed by atoms with van der Waals surface area (Å²) in [5, 5.41) is 0.389. The van der Waals surface area contributed by atoms with E-state index in [0.29, 0.717) is 26.0 Å². The lowest BCUT2D eigenvalue weighted by atomic mass is 10.2. The van der Waals surface area contributed by atoms with Crippen molar-refractivity contribution in [3.63, 3.8) is 0 Å².